The fourth-order valence-electron chi connectivity index (χ4n) is 2.63. The van der Waals surface area contributed by atoms with Gasteiger partial charge in [-0.2, -0.15) is 0 Å². The van der Waals surface area contributed by atoms with Gasteiger partial charge in [-0.25, -0.2) is 13.2 Å². The van der Waals surface area contributed by atoms with Crippen molar-refractivity contribution in [2.24, 2.45) is 5.73 Å². The maximum atomic E-state index is 12.6. The van der Waals surface area contributed by atoms with Gasteiger partial charge in [-0.15, -0.1) is 0 Å². The van der Waals surface area contributed by atoms with E-state index < -0.39 is 28.6 Å². The number of anilines is 1. The molecule has 0 aliphatic carbocycles. The molecule has 4 N–H and O–H groups in total. The van der Waals surface area contributed by atoms with E-state index in [4.69, 9.17) is 34.5 Å². The summed E-state index contributed by atoms with van der Waals surface area (Å²) in [4.78, 5) is 11.9. The lowest BCUT2D eigenvalue weighted by Gasteiger charge is -2.14. The fourth-order valence-corrected chi connectivity index (χ4v) is 3.47. The maximum absolute atomic E-state index is 12.6. The lowest BCUT2D eigenvalue weighted by atomic mass is 10.1. The largest absolute Gasteiger partial charge is 0.496 e. The molecule has 0 radical (unpaired) electrons. The van der Waals surface area contributed by atoms with E-state index >= 15 is 0 Å². The zero-order valence-corrected chi connectivity index (χ0v) is 19.3. The number of hydrogen-bond donors (Lipinski definition) is 3. The van der Waals surface area contributed by atoms with Crippen molar-refractivity contribution in [3.05, 3.63) is 41.3 Å². The highest BCUT2D eigenvalue weighted by molar-refractivity contribution is 7.95. The number of aliphatic hydroxyl groups excluding tert-OH is 1. The highest BCUT2D eigenvalue weighted by atomic mass is 32.2. The van der Waals surface area contributed by atoms with Crippen molar-refractivity contribution in [1.29, 1.82) is 0 Å². The second kappa shape index (κ2) is 11.4. The highest BCUT2D eigenvalue weighted by Gasteiger charge is 2.19. The summed E-state index contributed by atoms with van der Waals surface area (Å²) >= 11 is 0. The number of nitrogens with two attached hydrogens (primary N) is 1. The number of nitrogens with one attached hydrogen (secondary N) is 1. The molecular weight excluding hydrogens is 456 g/mol. The molecule has 0 spiro atoms. The lowest BCUT2D eigenvalue weighted by Crippen LogP contribution is -2.37. The van der Waals surface area contributed by atoms with Crippen LogP contribution in [0.2, 0.25) is 0 Å². The van der Waals surface area contributed by atoms with E-state index in [9.17, 15) is 13.2 Å². The monoisotopic (exact) mass is 482 g/mol. The Kier molecular flexibility index (Phi) is 8.91. The second-order valence-corrected chi connectivity index (χ2v) is 8.04. The first kappa shape index (κ1) is 25.8. The number of benzene rings is 2. The minimum absolute atomic E-state index is 0.0749. The standard InChI is InChI=1S/C21H26N2O9S/c1-28-14-10-18(30-3)15(19(11-14)31-4)7-8-33(26,27)23-13-5-6-17(29-2)20(9-13)32-21(25)16(22)12-24/h5-11,16,23-24H,12,22H2,1-4H3/b8-7+/t16-/m0/s1. The molecule has 0 heterocycles. The molecule has 0 aliphatic rings. The smallest absolute Gasteiger partial charge is 0.330 e. The minimum atomic E-state index is -4.00. The Morgan fingerprint density at radius 3 is 2.12 bits per heavy atom. The van der Waals surface area contributed by atoms with Crippen LogP contribution in [-0.4, -0.2) is 60.6 Å². The Balaban J connectivity index is 2.32. The summed E-state index contributed by atoms with van der Waals surface area (Å²) in [6, 6.07) is 5.99. The molecule has 0 aliphatic heterocycles. The first-order valence-corrected chi connectivity index (χ1v) is 11.0. The summed E-state index contributed by atoms with van der Waals surface area (Å²) < 4.78 is 53.6. The van der Waals surface area contributed by atoms with Crippen molar-refractivity contribution < 1.29 is 42.0 Å². The van der Waals surface area contributed by atoms with Gasteiger partial charge in [-0.05, 0) is 18.2 Å². The van der Waals surface area contributed by atoms with Crippen LogP contribution in [0.1, 0.15) is 5.56 Å². The van der Waals surface area contributed by atoms with Gasteiger partial charge in [-0.1, -0.05) is 0 Å². The number of hydrogen-bond acceptors (Lipinski definition) is 10. The van der Waals surface area contributed by atoms with Gasteiger partial charge in [0, 0.05) is 18.2 Å². The van der Waals surface area contributed by atoms with E-state index in [1.165, 1.54) is 52.7 Å². The molecule has 2 aromatic carbocycles. The van der Waals surface area contributed by atoms with Crippen molar-refractivity contribution in [2.75, 3.05) is 39.8 Å². The summed E-state index contributed by atoms with van der Waals surface area (Å²) in [5.74, 6) is 0.347. The van der Waals surface area contributed by atoms with E-state index in [1.54, 1.807) is 12.1 Å². The van der Waals surface area contributed by atoms with Crippen LogP contribution in [0.4, 0.5) is 5.69 Å². The quantitative estimate of drug-likeness (QED) is 0.316. The van der Waals surface area contributed by atoms with Crippen molar-refractivity contribution in [3.63, 3.8) is 0 Å². The van der Waals surface area contributed by atoms with Gasteiger partial charge in [-0.3, -0.25) is 4.72 Å². The Labute approximate surface area is 191 Å². The van der Waals surface area contributed by atoms with E-state index in [2.05, 4.69) is 4.72 Å². The maximum Gasteiger partial charge on any atom is 0.330 e. The second-order valence-electron chi connectivity index (χ2n) is 6.47. The Hall–Kier alpha value is -3.48. The Morgan fingerprint density at radius 1 is 1.00 bits per heavy atom. The molecule has 180 valence electrons. The summed E-state index contributed by atoms with van der Waals surface area (Å²) in [5, 5.41) is 9.92. The first-order valence-electron chi connectivity index (χ1n) is 9.45. The molecular formula is C21H26N2O9S. The first-order chi connectivity index (χ1) is 15.7. The van der Waals surface area contributed by atoms with Crippen LogP contribution in [0, 0.1) is 0 Å². The van der Waals surface area contributed by atoms with Crippen molar-refractivity contribution >= 4 is 27.8 Å². The molecule has 1 atom stereocenters. The van der Waals surface area contributed by atoms with Gasteiger partial charge < -0.3 is 34.5 Å². The molecule has 0 bridgehead atoms. The van der Waals surface area contributed by atoms with E-state index in [0.717, 1.165) is 5.41 Å². The molecule has 11 nitrogen and oxygen atoms in total. The van der Waals surface area contributed by atoms with Crippen LogP contribution in [0.3, 0.4) is 0 Å². The zero-order chi connectivity index (χ0) is 24.6. The molecule has 0 saturated carbocycles. The molecule has 12 heteroatoms. The third-order valence-electron chi connectivity index (χ3n) is 4.30. The summed E-state index contributed by atoms with van der Waals surface area (Å²) in [7, 11) is 1.69. The van der Waals surface area contributed by atoms with Crippen molar-refractivity contribution in [3.8, 4) is 28.7 Å². The van der Waals surface area contributed by atoms with Crippen LogP contribution in [0.5, 0.6) is 28.7 Å². The number of sulfonamides is 1. The van der Waals surface area contributed by atoms with E-state index in [0.29, 0.717) is 22.8 Å². The summed E-state index contributed by atoms with van der Waals surface area (Å²) in [5.41, 5.74) is 5.92. The van der Waals surface area contributed by atoms with Crippen LogP contribution in [0.15, 0.2) is 35.7 Å². The average Bonchev–Trinajstić information content (AvgIpc) is 2.81. The van der Waals surface area contributed by atoms with E-state index in [-0.39, 0.29) is 17.2 Å². The fraction of sp³-hybridized carbons (Fsp3) is 0.286. The zero-order valence-electron chi connectivity index (χ0n) is 18.5. The number of methoxy groups -OCH3 is 4. The Morgan fingerprint density at radius 2 is 1.61 bits per heavy atom. The molecule has 0 amide bonds. The number of ether oxygens (including phenoxy) is 5. The van der Waals surface area contributed by atoms with Gasteiger partial charge in [0.1, 0.15) is 23.3 Å². The van der Waals surface area contributed by atoms with Gasteiger partial charge >= 0.3 is 5.97 Å². The van der Waals surface area contributed by atoms with Crippen LogP contribution in [0.25, 0.3) is 6.08 Å². The van der Waals surface area contributed by atoms with Crippen LogP contribution in [-0.2, 0) is 14.8 Å². The third kappa shape index (κ3) is 6.75. The number of esters is 1. The molecule has 0 aromatic heterocycles. The van der Waals surface area contributed by atoms with Gasteiger partial charge in [0.05, 0.1) is 51.7 Å². The number of aliphatic hydroxyl groups is 1. The number of rotatable bonds is 11. The number of carbonyl (C=O) groups is 1. The van der Waals surface area contributed by atoms with Crippen LogP contribution >= 0.6 is 0 Å². The molecule has 33 heavy (non-hydrogen) atoms. The lowest BCUT2D eigenvalue weighted by molar-refractivity contribution is -0.136. The summed E-state index contributed by atoms with van der Waals surface area (Å²) in [6.07, 6.45) is 1.31. The SMILES string of the molecule is COc1cc(OC)c(/C=C/S(=O)(=O)Nc2ccc(OC)c(OC(=O)[C@@H](N)CO)c2)c(OC)c1. The topological polar surface area (TPSA) is 156 Å². The third-order valence-corrected chi connectivity index (χ3v) is 5.32. The average molecular weight is 483 g/mol. The van der Waals surface area contributed by atoms with Gasteiger partial charge in [0.25, 0.3) is 10.0 Å². The van der Waals surface area contributed by atoms with E-state index in [1.807, 2.05) is 0 Å². The Bertz CT molecular complexity index is 1090. The molecule has 0 fully saturated rings. The predicted octanol–water partition coefficient (Wildman–Crippen LogP) is 1.36. The predicted molar refractivity (Wildman–Crippen MR) is 121 cm³/mol. The van der Waals surface area contributed by atoms with Crippen molar-refractivity contribution in [1.82, 2.24) is 0 Å². The normalized spacial score (nSPS) is 12.2. The van der Waals surface area contributed by atoms with Crippen LogP contribution < -0.4 is 34.1 Å². The molecule has 0 saturated heterocycles. The molecule has 2 rings (SSSR count). The van der Waals surface area contributed by atoms with Crippen molar-refractivity contribution in [2.45, 2.75) is 6.04 Å². The number of carbonyl (C=O) groups excluding carboxylic acids is 1. The highest BCUT2D eigenvalue weighted by Crippen LogP contribution is 2.35. The van der Waals surface area contributed by atoms with Gasteiger partial charge in [0.2, 0.25) is 0 Å². The van der Waals surface area contributed by atoms with Gasteiger partial charge in [0.15, 0.2) is 11.5 Å². The summed E-state index contributed by atoms with van der Waals surface area (Å²) in [6.45, 7) is -0.615. The molecule has 0 unspecified atom stereocenters. The minimum Gasteiger partial charge on any atom is -0.496 e. The molecule has 2 aromatic rings.